The van der Waals surface area contributed by atoms with Gasteiger partial charge in [0.15, 0.2) is 0 Å². The zero-order valence-electron chi connectivity index (χ0n) is 16.2. The second-order valence-electron chi connectivity index (χ2n) is 7.97. The molecule has 8 heteroatoms. The molecule has 3 aliphatic rings. The maximum absolute atomic E-state index is 12.6. The first-order chi connectivity index (χ1) is 13.7. The first kappa shape index (κ1) is 19.3. The normalized spacial score (nSPS) is 24.9. The van der Waals surface area contributed by atoms with Crippen molar-refractivity contribution in [2.45, 2.75) is 37.7 Å². The third-order valence-electron chi connectivity index (χ3n) is 6.17. The zero-order chi connectivity index (χ0) is 19.4. The van der Waals surface area contributed by atoms with E-state index in [1.165, 1.54) is 6.20 Å². The molecule has 8 nitrogen and oxygen atoms in total. The Balaban J connectivity index is 1.31. The topological polar surface area (TPSA) is 84.9 Å². The van der Waals surface area contributed by atoms with Gasteiger partial charge in [-0.05, 0) is 31.6 Å². The second-order valence-corrected chi connectivity index (χ2v) is 7.97. The molecule has 1 spiro atoms. The fourth-order valence-electron chi connectivity index (χ4n) is 4.53. The summed E-state index contributed by atoms with van der Waals surface area (Å²) in [6.45, 7) is 4.68. The number of nitrogens with zero attached hydrogens (tertiary/aromatic N) is 4. The Labute approximate surface area is 165 Å². The fourth-order valence-corrected chi connectivity index (χ4v) is 4.53. The average molecular weight is 388 g/mol. The number of hydrogen-bond acceptors (Lipinski definition) is 6. The van der Waals surface area contributed by atoms with E-state index in [0.29, 0.717) is 64.0 Å². The minimum absolute atomic E-state index is 0.0715. The largest absolute Gasteiger partial charge is 0.378 e. The molecule has 28 heavy (non-hydrogen) atoms. The van der Waals surface area contributed by atoms with Gasteiger partial charge in [0.1, 0.15) is 5.69 Å². The van der Waals surface area contributed by atoms with E-state index < -0.39 is 0 Å². The molecule has 152 valence electrons. The summed E-state index contributed by atoms with van der Waals surface area (Å²) in [6, 6.07) is 0. The minimum Gasteiger partial charge on any atom is -0.378 e. The highest BCUT2D eigenvalue weighted by Crippen LogP contribution is 2.39. The summed E-state index contributed by atoms with van der Waals surface area (Å²) in [5.41, 5.74) is 0.185. The monoisotopic (exact) mass is 388 g/mol. The van der Waals surface area contributed by atoms with Crippen LogP contribution < -0.4 is 0 Å². The number of piperidine rings is 1. The minimum atomic E-state index is -0.201. The van der Waals surface area contributed by atoms with Gasteiger partial charge in [0.25, 0.3) is 5.91 Å². The Hall–Kier alpha value is -2.06. The van der Waals surface area contributed by atoms with Gasteiger partial charge in [-0.15, -0.1) is 0 Å². The lowest BCUT2D eigenvalue weighted by Crippen LogP contribution is -2.51. The number of hydrogen-bond donors (Lipinski definition) is 0. The second kappa shape index (κ2) is 8.53. The van der Waals surface area contributed by atoms with E-state index in [2.05, 4.69) is 9.97 Å². The van der Waals surface area contributed by atoms with E-state index in [4.69, 9.17) is 9.47 Å². The molecule has 0 N–H and O–H groups in total. The molecule has 3 fully saturated rings. The van der Waals surface area contributed by atoms with Crippen molar-refractivity contribution < 1.29 is 19.1 Å². The predicted molar refractivity (Wildman–Crippen MR) is 101 cm³/mol. The first-order valence-corrected chi connectivity index (χ1v) is 10.2. The highest BCUT2D eigenvalue weighted by Gasteiger charge is 2.42. The van der Waals surface area contributed by atoms with Crippen molar-refractivity contribution in [3.05, 3.63) is 24.3 Å². The number of carbonyl (C=O) groups excluding carboxylic acids is 2. The van der Waals surface area contributed by atoms with Crippen molar-refractivity contribution in [3.63, 3.8) is 0 Å². The fraction of sp³-hybridized carbons (Fsp3) is 0.700. The average Bonchev–Trinajstić information content (AvgIpc) is 2.75. The van der Waals surface area contributed by atoms with Gasteiger partial charge in [0.05, 0.1) is 25.0 Å². The molecule has 1 unspecified atom stereocenters. The summed E-state index contributed by atoms with van der Waals surface area (Å²) in [5, 5.41) is 0. The predicted octanol–water partition coefficient (Wildman–Crippen LogP) is 1.13. The van der Waals surface area contributed by atoms with Crippen molar-refractivity contribution in [3.8, 4) is 0 Å². The number of rotatable bonds is 3. The Kier molecular flexibility index (Phi) is 5.87. The van der Waals surface area contributed by atoms with Crippen molar-refractivity contribution in [2.75, 3.05) is 46.0 Å². The van der Waals surface area contributed by atoms with Crippen LogP contribution in [0.25, 0.3) is 0 Å². The van der Waals surface area contributed by atoms with Gasteiger partial charge in [0.2, 0.25) is 5.91 Å². The molecule has 3 aliphatic heterocycles. The molecule has 2 amide bonds. The molecule has 1 aromatic rings. The molecule has 0 aliphatic carbocycles. The molecule has 0 saturated carbocycles. The summed E-state index contributed by atoms with van der Waals surface area (Å²) in [7, 11) is 0. The Bertz CT molecular complexity index is 685. The highest BCUT2D eigenvalue weighted by molar-refractivity contribution is 5.92. The molecule has 4 rings (SSSR count). The third kappa shape index (κ3) is 4.33. The smallest absolute Gasteiger partial charge is 0.274 e. The number of carbonyl (C=O) groups is 2. The Morgan fingerprint density at radius 1 is 1.07 bits per heavy atom. The van der Waals surface area contributed by atoms with Crippen LogP contribution in [0.3, 0.4) is 0 Å². The molecule has 1 aromatic heterocycles. The molecule has 1 atom stereocenters. The van der Waals surface area contributed by atoms with E-state index in [9.17, 15) is 9.59 Å². The van der Waals surface area contributed by atoms with Gasteiger partial charge >= 0.3 is 0 Å². The maximum atomic E-state index is 12.6. The molecular weight excluding hydrogens is 360 g/mol. The first-order valence-electron chi connectivity index (χ1n) is 10.2. The van der Waals surface area contributed by atoms with Crippen LogP contribution in [0.15, 0.2) is 18.6 Å². The SMILES string of the molecule is O=C(CC1CCOC2(CCN(C(=O)c3cnccn3)CC2)C1)N1CCOCC1. The standard InChI is InChI=1S/C20H28N4O4/c25-18(23-8-11-27-12-9-23)13-16-1-10-28-20(14-16)2-6-24(7-3-20)19(26)17-15-21-4-5-22-17/h4-5,15-16H,1-3,6-14H2. The Morgan fingerprint density at radius 3 is 2.57 bits per heavy atom. The number of morpholine rings is 1. The molecular formula is C20H28N4O4. The van der Waals surface area contributed by atoms with Crippen LogP contribution in [-0.2, 0) is 14.3 Å². The third-order valence-corrected chi connectivity index (χ3v) is 6.17. The number of likely N-dealkylation sites (tertiary alicyclic amines) is 1. The van der Waals surface area contributed by atoms with Crippen LogP contribution in [0.1, 0.15) is 42.6 Å². The summed E-state index contributed by atoms with van der Waals surface area (Å²) in [5.74, 6) is 0.518. The van der Waals surface area contributed by atoms with Gasteiger partial charge in [-0.25, -0.2) is 4.98 Å². The van der Waals surface area contributed by atoms with Crippen LogP contribution in [0.2, 0.25) is 0 Å². The number of aromatic nitrogens is 2. The van der Waals surface area contributed by atoms with E-state index >= 15 is 0 Å². The molecule has 4 heterocycles. The summed E-state index contributed by atoms with van der Waals surface area (Å²) < 4.78 is 11.5. The zero-order valence-corrected chi connectivity index (χ0v) is 16.2. The van der Waals surface area contributed by atoms with E-state index in [-0.39, 0.29) is 17.4 Å². The van der Waals surface area contributed by atoms with Gasteiger partial charge < -0.3 is 19.3 Å². The van der Waals surface area contributed by atoms with Crippen molar-refractivity contribution in [2.24, 2.45) is 5.92 Å². The maximum Gasteiger partial charge on any atom is 0.274 e. The van der Waals surface area contributed by atoms with E-state index in [1.807, 2.05) is 9.80 Å². The molecule has 0 aromatic carbocycles. The summed E-state index contributed by atoms with van der Waals surface area (Å²) >= 11 is 0. The van der Waals surface area contributed by atoms with E-state index in [0.717, 1.165) is 25.7 Å². The molecule has 3 saturated heterocycles. The summed E-state index contributed by atoms with van der Waals surface area (Å²) in [4.78, 5) is 37.0. The summed E-state index contributed by atoms with van der Waals surface area (Å²) in [6.07, 6.45) is 8.65. The lowest BCUT2D eigenvalue weighted by atomic mass is 9.78. The van der Waals surface area contributed by atoms with Crippen molar-refractivity contribution in [1.29, 1.82) is 0 Å². The van der Waals surface area contributed by atoms with Crippen molar-refractivity contribution >= 4 is 11.8 Å². The van der Waals surface area contributed by atoms with Gasteiger partial charge in [0, 0.05) is 51.6 Å². The lowest BCUT2D eigenvalue weighted by molar-refractivity contribution is -0.143. The lowest BCUT2D eigenvalue weighted by Gasteiger charge is -2.46. The highest BCUT2D eigenvalue weighted by atomic mass is 16.5. The number of amides is 2. The van der Waals surface area contributed by atoms with Crippen LogP contribution >= 0.6 is 0 Å². The Morgan fingerprint density at radius 2 is 1.86 bits per heavy atom. The quantitative estimate of drug-likeness (QED) is 0.772. The van der Waals surface area contributed by atoms with Gasteiger partial charge in [-0.3, -0.25) is 14.6 Å². The van der Waals surface area contributed by atoms with Crippen LogP contribution in [0.4, 0.5) is 0 Å². The van der Waals surface area contributed by atoms with Gasteiger partial charge in [-0.1, -0.05) is 0 Å². The van der Waals surface area contributed by atoms with E-state index in [1.54, 1.807) is 12.4 Å². The van der Waals surface area contributed by atoms with Crippen LogP contribution in [0.5, 0.6) is 0 Å². The molecule has 0 radical (unpaired) electrons. The van der Waals surface area contributed by atoms with Crippen molar-refractivity contribution in [1.82, 2.24) is 19.8 Å². The molecule has 0 bridgehead atoms. The van der Waals surface area contributed by atoms with Gasteiger partial charge in [-0.2, -0.15) is 0 Å². The van der Waals surface area contributed by atoms with Crippen LogP contribution in [-0.4, -0.2) is 83.2 Å². The van der Waals surface area contributed by atoms with Crippen LogP contribution in [0, 0.1) is 5.92 Å². The number of ether oxygens (including phenoxy) is 2.